The highest BCUT2D eigenvalue weighted by molar-refractivity contribution is 7.55. The normalized spacial score (nSPS) is 11.7. The van der Waals surface area contributed by atoms with Crippen molar-refractivity contribution in [2.24, 2.45) is 0 Å². The lowest BCUT2D eigenvalue weighted by molar-refractivity contribution is 0.374. The zero-order chi connectivity index (χ0) is 18.9. The molecule has 0 unspecified atom stereocenters. The Labute approximate surface area is 151 Å². The second-order valence-corrected chi connectivity index (χ2v) is 9.70. The quantitative estimate of drug-likeness (QED) is 0.564. The minimum atomic E-state index is -3.37. The Morgan fingerprint density at radius 2 is 1.08 bits per heavy atom. The summed E-state index contributed by atoms with van der Waals surface area (Å²) in [5.74, 6) is 1.27. The minimum absolute atomic E-state index is 0.257. The summed E-state index contributed by atoms with van der Waals surface area (Å²) in [5, 5.41) is 0. The molecule has 0 aliphatic carbocycles. The summed E-state index contributed by atoms with van der Waals surface area (Å²) in [5.41, 5.74) is 6.13. The lowest BCUT2D eigenvalue weighted by Gasteiger charge is -2.25. The number of hydrogen-bond acceptors (Lipinski definition) is 3. The van der Waals surface area contributed by atoms with Crippen molar-refractivity contribution >= 4 is 7.60 Å². The molecule has 0 saturated heterocycles. The number of benzene rings is 2. The second kappa shape index (κ2) is 7.25. The smallest absolute Gasteiger partial charge is 0.416 e. The van der Waals surface area contributed by atoms with Crippen LogP contribution in [0.4, 0.5) is 0 Å². The minimum Gasteiger partial charge on any atom is -0.416 e. The first-order valence-electron chi connectivity index (χ1n) is 8.68. The molecule has 4 heteroatoms. The van der Waals surface area contributed by atoms with Crippen molar-refractivity contribution in [3.05, 3.63) is 57.6 Å². The molecule has 0 atom stereocenters. The lowest BCUT2D eigenvalue weighted by atomic mass is 10.1. The van der Waals surface area contributed by atoms with Gasteiger partial charge in [0, 0.05) is 0 Å². The van der Waals surface area contributed by atoms with Gasteiger partial charge in [-0.2, -0.15) is 0 Å². The average Bonchev–Trinajstić information content (AvgIpc) is 2.49. The number of aryl methyl sites for hydroxylation is 4. The highest BCUT2D eigenvalue weighted by Crippen LogP contribution is 2.54. The molecule has 2 rings (SSSR count). The molecule has 0 aromatic heterocycles. The van der Waals surface area contributed by atoms with Gasteiger partial charge in [-0.25, -0.2) is 4.57 Å². The summed E-state index contributed by atoms with van der Waals surface area (Å²) in [6.07, 6.45) is 0. The summed E-state index contributed by atoms with van der Waals surface area (Å²) >= 11 is 0. The molecule has 0 amide bonds. The van der Waals surface area contributed by atoms with Crippen LogP contribution in [0.25, 0.3) is 0 Å². The number of hydrogen-bond donors (Lipinski definition) is 0. The summed E-state index contributed by atoms with van der Waals surface area (Å²) < 4.78 is 25.6. The first-order chi connectivity index (χ1) is 11.5. The molecule has 3 nitrogen and oxygen atoms in total. The monoisotopic (exact) mass is 360 g/mol. The van der Waals surface area contributed by atoms with E-state index in [2.05, 4.69) is 12.1 Å². The molecule has 0 saturated carbocycles. The van der Waals surface area contributed by atoms with Crippen molar-refractivity contribution in [3.63, 3.8) is 0 Å². The van der Waals surface area contributed by atoms with Gasteiger partial charge in [-0.1, -0.05) is 12.1 Å². The fourth-order valence-electron chi connectivity index (χ4n) is 2.69. The highest BCUT2D eigenvalue weighted by atomic mass is 31.2. The van der Waals surface area contributed by atoms with E-state index >= 15 is 0 Å². The van der Waals surface area contributed by atoms with E-state index in [0.29, 0.717) is 11.5 Å². The van der Waals surface area contributed by atoms with Crippen molar-refractivity contribution in [3.8, 4) is 11.5 Å². The van der Waals surface area contributed by atoms with E-state index in [-0.39, 0.29) is 5.66 Å². The van der Waals surface area contributed by atoms with Crippen LogP contribution >= 0.6 is 7.60 Å². The molecule has 0 aliphatic heterocycles. The van der Waals surface area contributed by atoms with Crippen LogP contribution in [-0.4, -0.2) is 5.66 Å². The van der Waals surface area contributed by atoms with Gasteiger partial charge in [0.15, 0.2) is 0 Å². The van der Waals surface area contributed by atoms with Crippen LogP contribution in [0.5, 0.6) is 11.5 Å². The van der Waals surface area contributed by atoms with Crippen molar-refractivity contribution in [2.45, 2.75) is 61.0 Å². The summed E-state index contributed by atoms with van der Waals surface area (Å²) in [6.45, 7) is 15.8. The SMILES string of the molecule is Cc1cc(C)c(C)c(OP(=O)(Oc2cc(C)cc(C)c2C)C(C)C)c1. The Hall–Kier alpha value is -1.73. The lowest BCUT2D eigenvalue weighted by Crippen LogP contribution is -2.12. The van der Waals surface area contributed by atoms with E-state index in [1.165, 1.54) is 0 Å². The van der Waals surface area contributed by atoms with Crippen LogP contribution in [-0.2, 0) is 4.57 Å². The second-order valence-electron chi connectivity index (χ2n) is 7.23. The summed E-state index contributed by atoms with van der Waals surface area (Å²) in [7, 11) is -3.37. The number of rotatable bonds is 5. The van der Waals surface area contributed by atoms with Crippen molar-refractivity contribution in [2.75, 3.05) is 0 Å². The van der Waals surface area contributed by atoms with Gasteiger partial charge in [0.1, 0.15) is 11.5 Å². The maximum atomic E-state index is 13.6. The highest BCUT2D eigenvalue weighted by Gasteiger charge is 2.34. The van der Waals surface area contributed by atoms with Gasteiger partial charge in [0.25, 0.3) is 0 Å². The molecular formula is C21H29O3P. The van der Waals surface area contributed by atoms with Crippen LogP contribution in [0.1, 0.15) is 47.2 Å². The van der Waals surface area contributed by atoms with Gasteiger partial charge in [0.2, 0.25) is 0 Å². The third-order valence-electron chi connectivity index (χ3n) is 4.61. The first-order valence-corrected chi connectivity index (χ1v) is 10.3. The molecular weight excluding hydrogens is 331 g/mol. The maximum Gasteiger partial charge on any atom is 0.433 e. The van der Waals surface area contributed by atoms with Gasteiger partial charge < -0.3 is 9.05 Å². The van der Waals surface area contributed by atoms with Crippen molar-refractivity contribution < 1.29 is 13.6 Å². The van der Waals surface area contributed by atoms with Crippen LogP contribution in [0.2, 0.25) is 0 Å². The van der Waals surface area contributed by atoms with Crippen LogP contribution in [0.3, 0.4) is 0 Å². The molecule has 0 bridgehead atoms. The Morgan fingerprint density at radius 3 is 1.40 bits per heavy atom. The molecule has 2 aromatic rings. The summed E-state index contributed by atoms with van der Waals surface area (Å²) in [4.78, 5) is 0. The predicted octanol–water partition coefficient (Wildman–Crippen LogP) is 6.60. The molecule has 0 fully saturated rings. The third-order valence-corrected chi connectivity index (χ3v) is 6.78. The van der Waals surface area contributed by atoms with Gasteiger partial charge in [0.05, 0.1) is 5.66 Å². The first kappa shape index (κ1) is 19.6. The third kappa shape index (κ3) is 4.27. The maximum absolute atomic E-state index is 13.6. The fraction of sp³-hybridized carbons (Fsp3) is 0.429. The zero-order valence-corrected chi connectivity index (χ0v) is 17.5. The standard InChI is InChI=1S/C21H29O3P/c1-13(2)25(22,23-20-11-14(3)9-16(5)18(20)7)24-21-12-15(4)10-17(6)19(21)8/h9-13H,1-8H3. The fourth-order valence-corrected chi connectivity index (χ4v) is 4.08. The van der Waals surface area contributed by atoms with Gasteiger partial charge in [-0.05, 0) is 101 Å². The average molecular weight is 360 g/mol. The Kier molecular flexibility index (Phi) is 5.68. The van der Waals surface area contributed by atoms with E-state index in [1.807, 2.05) is 67.5 Å². The summed E-state index contributed by atoms with van der Waals surface area (Å²) in [6, 6.07) is 8.04. The van der Waals surface area contributed by atoms with E-state index in [9.17, 15) is 4.57 Å². The molecule has 0 radical (unpaired) electrons. The Balaban J connectivity index is 2.46. The van der Waals surface area contributed by atoms with Crippen molar-refractivity contribution in [1.82, 2.24) is 0 Å². The van der Waals surface area contributed by atoms with E-state index in [1.54, 1.807) is 0 Å². The van der Waals surface area contributed by atoms with Crippen LogP contribution in [0.15, 0.2) is 24.3 Å². The molecule has 0 spiro atoms. The Bertz CT molecular complexity index is 774. The van der Waals surface area contributed by atoms with E-state index in [0.717, 1.165) is 33.4 Å². The molecule has 0 N–H and O–H groups in total. The van der Waals surface area contributed by atoms with E-state index < -0.39 is 7.60 Å². The van der Waals surface area contributed by atoms with Gasteiger partial charge in [-0.15, -0.1) is 0 Å². The largest absolute Gasteiger partial charge is 0.433 e. The van der Waals surface area contributed by atoms with E-state index in [4.69, 9.17) is 9.05 Å². The van der Waals surface area contributed by atoms with Crippen molar-refractivity contribution in [1.29, 1.82) is 0 Å². The van der Waals surface area contributed by atoms with Gasteiger partial charge >= 0.3 is 7.60 Å². The topological polar surface area (TPSA) is 35.5 Å². The van der Waals surface area contributed by atoms with Crippen LogP contribution in [0, 0.1) is 41.5 Å². The predicted molar refractivity (Wildman–Crippen MR) is 105 cm³/mol. The molecule has 0 heterocycles. The molecule has 136 valence electrons. The zero-order valence-electron chi connectivity index (χ0n) is 16.6. The Morgan fingerprint density at radius 1 is 0.720 bits per heavy atom. The molecule has 0 aliphatic rings. The van der Waals surface area contributed by atoms with Gasteiger partial charge in [-0.3, -0.25) is 0 Å². The molecule has 25 heavy (non-hydrogen) atoms. The van der Waals surface area contributed by atoms with Crippen LogP contribution < -0.4 is 9.05 Å². The molecule has 2 aromatic carbocycles.